The van der Waals surface area contributed by atoms with Crippen molar-refractivity contribution in [3.63, 3.8) is 0 Å². The third kappa shape index (κ3) is 65.3. The number of ether oxygens (including phenoxy) is 3. The van der Waals surface area contributed by atoms with Crippen LogP contribution in [0, 0.1) is 0 Å². The molecule has 1 unspecified atom stereocenters. The molecule has 0 aliphatic carbocycles. The predicted octanol–water partition coefficient (Wildman–Crippen LogP) is 23.4. The first kappa shape index (κ1) is 75.6. The molecule has 0 aliphatic rings. The van der Waals surface area contributed by atoms with Crippen LogP contribution in [-0.2, 0) is 28.6 Å². The molecule has 1 atom stereocenters. The van der Waals surface area contributed by atoms with Gasteiger partial charge in [0, 0.05) is 19.3 Å². The molecule has 0 aromatic carbocycles. The van der Waals surface area contributed by atoms with Crippen molar-refractivity contribution in [2.75, 3.05) is 13.2 Å². The molecule has 0 radical (unpaired) electrons. The van der Waals surface area contributed by atoms with E-state index in [4.69, 9.17) is 14.2 Å². The minimum atomic E-state index is -0.780. The van der Waals surface area contributed by atoms with Crippen molar-refractivity contribution in [1.82, 2.24) is 0 Å². The fraction of sp³-hybridized carbons (Fsp3) is 0.767. The largest absolute Gasteiger partial charge is 0.462 e. The number of hydrogen-bond donors (Lipinski definition) is 0. The molecule has 0 aliphatic heterocycles. The molecule has 0 fully saturated rings. The average Bonchev–Trinajstić information content (AvgIpc) is 3.45. The molecule has 0 N–H and O–H groups in total. The molecule has 0 amide bonds. The second kappa shape index (κ2) is 67.1. The molecular weight excluding hydrogens is 973 g/mol. The van der Waals surface area contributed by atoms with Crippen LogP contribution in [0.2, 0.25) is 0 Å². The van der Waals surface area contributed by atoms with Crippen LogP contribution in [0.5, 0.6) is 0 Å². The van der Waals surface area contributed by atoms with Gasteiger partial charge in [-0.2, -0.15) is 0 Å². The van der Waals surface area contributed by atoms with Gasteiger partial charge in [-0.05, 0) is 89.9 Å². The van der Waals surface area contributed by atoms with Crippen LogP contribution in [0.4, 0.5) is 0 Å². The Hall–Kier alpha value is -3.41. The monoisotopic (exact) mass is 1100 g/mol. The van der Waals surface area contributed by atoms with E-state index in [1.807, 2.05) is 0 Å². The zero-order valence-corrected chi connectivity index (χ0v) is 52.4. The molecule has 0 rings (SSSR count). The smallest absolute Gasteiger partial charge is 0.306 e. The molecule has 0 saturated heterocycles. The summed E-state index contributed by atoms with van der Waals surface area (Å²) < 4.78 is 16.9. The number of carbonyl (C=O) groups excluding carboxylic acids is 3. The van der Waals surface area contributed by atoms with E-state index in [0.717, 1.165) is 116 Å². The third-order valence-electron chi connectivity index (χ3n) is 14.9. The molecule has 0 heterocycles. The van der Waals surface area contributed by atoms with Gasteiger partial charge >= 0.3 is 17.9 Å². The lowest BCUT2D eigenvalue weighted by molar-refractivity contribution is -0.167. The summed E-state index contributed by atoms with van der Waals surface area (Å²) in [5, 5.41) is 0. The molecule has 0 saturated carbocycles. The molecule has 0 bridgehead atoms. The quantitative estimate of drug-likeness (QED) is 0.0261. The third-order valence-corrected chi connectivity index (χ3v) is 14.9. The van der Waals surface area contributed by atoms with Gasteiger partial charge in [-0.15, -0.1) is 0 Å². The maximum Gasteiger partial charge on any atom is 0.306 e. The van der Waals surface area contributed by atoms with E-state index < -0.39 is 6.10 Å². The van der Waals surface area contributed by atoms with E-state index in [1.165, 1.54) is 186 Å². The van der Waals surface area contributed by atoms with Crippen LogP contribution in [0.1, 0.15) is 342 Å². The molecule has 0 spiro atoms. The Bertz CT molecular complexity index is 1500. The summed E-state index contributed by atoms with van der Waals surface area (Å²) in [6.07, 6.45) is 88.9. The Labute approximate surface area is 490 Å². The van der Waals surface area contributed by atoms with Crippen molar-refractivity contribution in [3.8, 4) is 0 Å². The lowest BCUT2D eigenvalue weighted by atomic mass is 10.0. The normalized spacial score (nSPS) is 12.6. The van der Waals surface area contributed by atoms with Crippen molar-refractivity contribution < 1.29 is 28.6 Å². The van der Waals surface area contributed by atoms with Crippen molar-refractivity contribution in [2.24, 2.45) is 0 Å². The van der Waals surface area contributed by atoms with Gasteiger partial charge in [0.25, 0.3) is 0 Å². The van der Waals surface area contributed by atoms with Crippen LogP contribution >= 0.6 is 0 Å². The van der Waals surface area contributed by atoms with Gasteiger partial charge in [-0.3, -0.25) is 14.4 Å². The Morgan fingerprint density at radius 3 is 0.823 bits per heavy atom. The van der Waals surface area contributed by atoms with Crippen LogP contribution in [0.15, 0.2) is 85.1 Å². The van der Waals surface area contributed by atoms with E-state index in [9.17, 15) is 14.4 Å². The van der Waals surface area contributed by atoms with Crippen LogP contribution in [-0.4, -0.2) is 37.2 Å². The van der Waals surface area contributed by atoms with Gasteiger partial charge in [0.1, 0.15) is 13.2 Å². The summed E-state index contributed by atoms with van der Waals surface area (Å²) in [5.74, 6) is -0.873. The second-order valence-corrected chi connectivity index (χ2v) is 22.7. The lowest BCUT2D eigenvalue weighted by Gasteiger charge is -2.18. The summed E-state index contributed by atoms with van der Waals surface area (Å²) in [6, 6.07) is 0. The maximum absolute atomic E-state index is 12.9. The molecular formula is C73H128O6. The van der Waals surface area contributed by atoms with Gasteiger partial charge < -0.3 is 14.2 Å². The average molecular weight is 1100 g/mol. The summed E-state index contributed by atoms with van der Waals surface area (Å²) >= 11 is 0. The Kier molecular flexibility index (Phi) is 64.2. The van der Waals surface area contributed by atoms with Crippen LogP contribution in [0.25, 0.3) is 0 Å². The standard InChI is InChI=1S/C73H128O6/c1-4-7-10-13-16-19-22-25-27-29-30-31-32-33-34-35-36-37-38-39-40-41-42-44-45-48-51-54-57-60-63-66-72(75)78-69-70(68-77-71(74)65-62-59-56-53-50-47-24-21-18-15-12-9-6-3)79-73(76)67-64-61-58-55-52-49-46-43-28-26-23-20-17-14-11-8-5-2/h7,10,12,15-16,19,21,24-25,27,30-31,33-34,70H,4-6,8-9,11,13-14,17-18,20,22-23,26,28-29,32,35-69H2,1-3H3/b10-7-,15-12-,19-16-,24-21-,27-25-,31-30-,34-33-. The van der Waals surface area contributed by atoms with Gasteiger partial charge in [-0.1, -0.05) is 318 Å². The highest BCUT2D eigenvalue weighted by atomic mass is 16.6. The Morgan fingerprint density at radius 1 is 0.266 bits per heavy atom. The summed E-state index contributed by atoms with van der Waals surface area (Å²) in [4.78, 5) is 38.3. The van der Waals surface area contributed by atoms with Gasteiger partial charge in [0.2, 0.25) is 0 Å². The summed E-state index contributed by atoms with van der Waals surface area (Å²) in [5.41, 5.74) is 0. The first-order valence-electron chi connectivity index (χ1n) is 34.1. The van der Waals surface area contributed by atoms with E-state index in [0.29, 0.717) is 19.3 Å². The van der Waals surface area contributed by atoms with E-state index in [-0.39, 0.29) is 31.1 Å². The minimum absolute atomic E-state index is 0.0766. The second-order valence-electron chi connectivity index (χ2n) is 22.7. The van der Waals surface area contributed by atoms with E-state index >= 15 is 0 Å². The minimum Gasteiger partial charge on any atom is -0.462 e. The zero-order valence-electron chi connectivity index (χ0n) is 52.4. The summed E-state index contributed by atoms with van der Waals surface area (Å²) in [7, 11) is 0. The fourth-order valence-corrected chi connectivity index (χ4v) is 9.80. The first-order chi connectivity index (χ1) is 39.0. The molecule has 6 nitrogen and oxygen atoms in total. The summed E-state index contributed by atoms with van der Waals surface area (Å²) in [6.45, 7) is 6.50. The van der Waals surface area contributed by atoms with E-state index in [2.05, 4.69) is 106 Å². The molecule has 79 heavy (non-hydrogen) atoms. The number of rotatable bonds is 62. The van der Waals surface area contributed by atoms with Crippen molar-refractivity contribution in [2.45, 2.75) is 348 Å². The topological polar surface area (TPSA) is 78.9 Å². The SMILES string of the molecule is CC/C=C\C/C=C\C/C=C\C/C=C\C/C=C\CCCCCCCCCCCCCCCCCC(=O)OCC(COC(=O)CCCCCCC/C=C\C/C=C\CCC)OC(=O)CCCCCCCCCCCCCCCCCCC. The maximum atomic E-state index is 12.9. The predicted molar refractivity (Wildman–Crippen MR) is 344 cm³/mol. The van der Waals surface area contributed by atoms with Crippen molar-refractivity contribution >= 4 is 17.9 Å². The number of esters is 3. The highest BCUT2D eigenvalue weighted by Crippen LogP contribution is 2.18. The highest BCUT2D eigenvalue weighted by Gasteiger charge is 2.19. The number of hydrogen-bond acceptors (Lipinski definition) is 6. The van der Waals surface area contributed by atoms with Gasteiger partial charge in [-0.25, -0.2) is 0 Å². The van der Waals surface area contributed by atoms with E-state index in [1.54, 1.807) is 0 Å². The molecule has 456 valence electrons. The van der Waals surface area contributed by atoms with Gasteiger partial charge in [0.05, 0.1) is 0 Å². The highest BCUT2D eigenvalue weighted by molar-refractivity contribution is 5.71. The molecule has 0 aromatic rings. The molecule has 0 aromatic heterocycles. The first-order valence-corrected chi connectivity index (χ1v) is 34.1. The number of carbonyl (C=O) groups is 3. The zero-order chi connectivity index (χ0) is 57.1. The Balaban J connectivity index is 4.20. The number of allylic oxidation sites excluding steroid dienone is 14. The molecule has 6 heteroatoms. The lowest BCUT2D eigenvalue weighted by Crippen LogP contribution is -2.30. The van der Waals surface area contributed by atoms with Crippen LogP contribution in [0.3, 0.4) is 0 Å². The fourth-order valence-electron chi connectivity index (χ4n) is 9.80. The van der Waals surface area contributed by atoms with Gasteiger partial charge in [0.15, 0.2) is 6.10 Å². The van der Waals surface area contributed by atoms with Crippen LogP contribution < -0.4 is 0 Å². The van der Waals surface area contributed by atoms with Crippen molar-refractivity contribution in [1.29, 1.82) is 0 Å². The Morgan fingerprint density at radius 2 is 0.519 bits per heavy atom. The van der Waals surface area contributed by atoms with Crippen molar-refractivity contribution in [3.05, 3.63) is 85.1 Å². The number of unbranched alkanes of at least 4 members (excludes halogenated alkanes) is 37.